The molecule has 25 heavy (non-hydrogen) atoms. The highest BCUT2D eigenvalue weighted by Crippen LogP contribution is 2.35. The largest absolute Gasteiger partial charge is 0.360 e. The first-order valence-corrected chi connectivity index (χ1v) is 8.94. The maximum absolute atomic E-state index is 14.0. The molecule has 0 saturated heterocycles. The van der Waals surface area contributed by atoms with Crippen molar-refractivity contribution in [1.29, 1.82) is 0 Å². The third-order valence-corrected chi connectivity index (χ3v) is 4.81. The molecule has 3 rings (SSSR count). The Morgan fingerprint density at radius 2 is 1.76 bits per heavy atom. The van der Waals surface area contributed by atoms with E-state index in [1.807, 2.05) is 0 Å². The van der Waals surface area contributed by atoms with Crippen LogP contribution in [0.5, 0.6) is 0 Å². The average molecular weight is 361 g/mol. The summed E-state index contributed by atoms with van der Waals surface area (Å²) in [7, 11) is -3.77. The third kappa shape index (κ3) is 3.32. The number of sulfonamides is 1. The van der Waals surface area contributed by atoms with E-state index in [9.17, 15) is 12.8 Å². The molecule has 8 heteroatoms. The summed E-state index contributed by atoms with van der Waals surface area (Å²) >= 11 is 0. The maximum atomic E-state index is 14.0. The molecule has 1 heterocycles. The van der Waals surface area contributed by atoms with E-state index in [4.69, 9.17) is 15.4 Å². The Bertz CT molecular complexity index is 1030. The number of aryl methyl sites for hydroxylation is 1. The van der Waals surface area contributed by atoms with Crippen molar-refractivity contribution in [2.45, 2.75) is 18.4 Å². The summed E-state index contributed by atoms with van der Waals surface area (Å²) in [6.45, 7) is 1.83. The zero-order valence-corrected chi connectivity index (χ0v) is 14.2. The first kappa shape index (κ1) is 17.3. The van der Waals surface area contributed by atoms with Crippen LogP contribution in [0, 0.1) is 12.7 Å². The Labute approximate surface area is 144 Å². The number of hydrogen-bond acceptors (Lipinski definition) is 5. The molecule has 0 unspecified atom stereocenters. The van der Waals surface area contributed by atoms with Crippen molar-refractivity contribution in [3.05, 3.63) is 59.6 Å². The molecule has 0 fully saturated rings. The Morgan fingerprint density at radius 1 is 1.12 bits per heavy atom. The van der Waals surface area contributed by atoms with Gasteiger partial charge >= 0.3 is 0 Å². The standard InChI is InChI=1S/C17H16FN3O3S/c1-10-16(11-4-6-14(7-5-11)25(20,22)23)17(21-24-10)12-2-3-13(9-19)15(18)8-12/h2-8H,9,19H2,1H3,(H2,20,22,23). The Kier molecular flexibility index (Phi) is 4.42. The smallest absolute Gasteiger partial charge is 0.238 e. The van der Waals surface area contributed by atoms with Crippen molar-refractivity contribution in [1.82, 2.24) is 5.16 Å². The van der Waals surface area contributed by atoms with Crippen LogP contribution in [0.25, 0.3) is 22.4 Å². The fraction of sp³-hybridized carbons (Fsp3) is 0.118. The maximum Gasteiger partial charge on any atom is 0.238 e. The minimum absolute atomic E-state index is 0.00486. The van der Waals surface area contributed by atoms with Gasteiger partial charge in [-0.25, -0.2) is 17.9 Å². The van der Waals surface area contributed by atoms with E-state index in [0.717, 1.165) is 0 Å². The van der Waals surface area contributed by atoms with Crippen molar-refractivity contribution in [2.24, 2.45) is 10.9 Å². The molecule has 4 N–H and O–H groups in total. The van der Waals surface area contributed by atoms with E-state index < -0.39 is 15.8 Å². The van der Waals surface area contributed by atoms with Gasteiger partial charge in [0.05, 0.1) is 10.5 Å². The molecule has 3 aromatic rings. The van der Waals surface area contributed by atoms with Crippen molar-refractivity contribution < 1.29 is 17.3 Å². The summed E-state index contributed by atoms with van der Waals surface area (Å²) in [5.41, 5.74) is 8.22. The van der Waals surface area contributed by atoms with Gasteiger partial charge in [-0.3, -0.25) is 0 Å². The highest BCUT2D eigenvalue weighted by atomic mass is 32.2. The van der Waals surface area contributed by atoms with Crippen molar-refractivity contribution in [3.8, 4) is 22.4 Å². The van der Waals surface area contributed by atoms with Gasteiger partial charge in [0.1, 0.15) is 17.3 Å². The molecule has 0 spiro atoms. The molecule has 0 aliphatic rings. The van der Waals surface area contributed by atoms with Crippen LogP contribution in [0.3, 0.4) is 0 Å². The number of primary sulfonamides is 1. The molecule has 0 aliphatic carbocycles. The molecule has 2 aromatic carbocycles. The van der Waals surface area contributed by atoms with Gasteiger partial charge < -0.3 is 10.3 Å². The number of halogens is 1. The van der Waals surface area contributed by atoms with Crippen LogP contribution in [-0.2, 0) is 16.6 Å². The fourth-order valence-corrected chi connectivity index (χ4v) is 3.10. The van der Waals surface area contributed by atoms with E-state index in [2.05, 4.69) is 5.16 Å². The first-order chi connectivity index (χ1) is 11.8. The second-order valence-electron chi connectivity index (χ2n) is 5.54. The van der Waals surface area contributed by atoms with E-state index >= 15 is 0 Å². The predicted molar refractivity (Wildman–Crippen MR) is 91.3 cm³/mol. The highest BCUT2D eigenvalue weighted by Gasteiger charge is 2.18. The van der Waals surface area contributed by atoms with Crippen LogP contribution in [-0.4, -0.2) is 13.6 Å². The second-order valence-corrected chi connectivity index (χ2v) is 7.10. The number of aromatic nitrogens is 1. The molecular weight excluding hydrogens is 345 g/mol. The Hall–Kier alpha value is -2.55. The topological polar surface area (TPSA) is 112 Å². The summed E-state index contributed by atoms with van der Waals surface area (Å²) in [5.74, 6) is 0.109. The molecule has 130 valence electrons. The predicted octanol–water partition coefficient (Wildman–Crippen LogP) is 2.56. The van der Waals surface area contributed by atoms with Crippen molar-refractivity contribution >= 4 is 10.0 Å². The van der Waals surface area contributed by atoms with Gasteiger partial charge in [-0.1, -0.05) is 29.4 Å². The number of nitrogens with two attached hydrogens (primary N) is 2. The molecule has 0 saturated carbocycles. The number of nitrogens with zero attached hydrogens (tertiary/aromatic N) is 1. The van der Waals surface area contributed by atoms with Gasteiger partial charge in [0, 0.05) is 17.7 Å². The lowest BCUT2D eigenvalue weighted by atomic mass is 9.98. The Balaban J connectivity index is 2.10. The molecule has 6 nitrogen and oxygen atoms in total. The number of hydrogen-bond donors (Lipinski definition) is 2. The number of rotatable bonds is 4. The molecule has 1 aromatic heterocycles. The van der Waals surface area contributed by atoms with Gasteiger partial charge in [-0.2, -0.15) is 0 Å². The monoisotopic (exact) mass is 361 g/mol. The molecular formula is C17H16FN3O3S. The lowest BCUT2D eigenvalue weighted by Gasteiger charge is -2.06. The quantitative estimate of drug-likeness (QED) is 0.741. The van der Waals surface area contributed by atoms with Gasteiger partial charge in [0.2, 0.25) is 10.0 Å². The SMILES string of the molecule is Cc1onc(-c2ccc(CN)c(F)c2)c1-c1ccc(S(N)(=O)=O)cc1. The van der Waals surface area contributed by atoms with Crippen molar-refractivity contribution in [3.63, 3.8) is 0 Å². The summed E-state index contributed by atoms with van der Waals surface area (Å²) in [6.07, 6.45) is 0. The van der Waals surface area contributed by atoms with E-state index in [0.29, 0.717) is 33.7 Å². The van der Waals surface area contributed by atoms with Crippen LogP contribution in [0.2, 0.25) is 0 Å². The minimum Gasteiger partial charge on any atom is -0.360 e. The van der Waals surface area contributed by atoms with Crippen LogP contribution in [0.1, 0.15) is 11.3 Å². The van der Waals surface area contributed by atoms with Crippen LogP contribution in [0.15, 0.2) is 51.9 Å². The summed E-state index contributed by atoms with van der Waals surface area (Å²) in [5, 5.41) is 9.12. The van der Waals surface area contributed by atoms with Gasteiger partial charge in [0.25, 0.3) is 0 Å². The zero-order chi connectivity index (χ0) is 18.2. The van der Waals surface area contributed by atoms with Gasteiger partial charge in [-0.05, 0) is 30.7 Å². The molecule has 0 amide bonds. The number of benzene rings is 2. The second kappa shape index (κ2) is 6.40. The van der Waals surface area contributed by atoms with E-state index in [-0.39, 0.29) is 11.4 Å². The van der Waals surface area contributed by atoms with E-state index in [1.165, 1.54) is 18.2 Å². The highest BCUT2D eigenvalue weighted by molar-refractivity contribution is 7.89. The van der Waals surface area contributed by atoms with Gasteiger partial charge in [0.15, 0.2) is 0 Å². The summed E-state index contributed by atoms with van der Waals surface area (Å²) in [4.78, 5) is 0.00486. The lowest BCUT2D eigenvalue weighted by molar-refractivity contribution is 0.400. The summed E-state index contributed by atoms with van der Waals surface area (Å²) < 4.78 is 42.1. The molecule has 0 atom stereocenters. The zero-order valence-electron chi connectivity index (χ0n) is 13.4. The molecule has 0 radical (unpaired) electrons. The van der Waals surface area contributed by atoms with E-state index in [1.54, 1.807) is 31.2 Å². The lowest BCUT2D eigenvalue weighted by Crippen LogP contribution is -2.11. The van der Waals surface area contributed by atoms with Crippen molar-refractivity contribution in [2.75, 3.05) is 0 Å². The third-order valence-electron chi connectivity index (χ3n) is 3.88. The summed E-state index contributed by atoms with van der Waals surface area (Å²) in [6, 6.07) is 10.7. The average Bonchev–Trinajstić information content (AvgIpc) is 2.95. The van der Waals surface area contributed by atoms with Crippen LogP contribution < -0.4 is 10.9 Å². The minimum atomic E-state index is -3.77. The molecule has 0 bridgehead atoms. The first-order valence-electron chi connectivity index (χ1n) is 7.39. The fourth-order valence-electron chi connectivity index (χ4n) is 2.58. The Morgan fingerprint density at radius 3 is 2.32 bits per heavy atom. The molecule has 0 aliphatic heterocycles. The van der Waals surface area contributed by atoms with Crippen LogP contribution in [0.4, 0.5) is 4.39 Å². The van der Waals surface area contributed by atoms with Crippen LogP contribution >= 0.6 is 0 Å². The van der Waals surface area contributed by atoms with Gasteiger partial charge in [-0.15, -0.1) is 0 Å². The normalized spacial score (nSPS) is 11.7.